The lowest BCUT2D eigenvalue weighted by molar-refractivity contribution is 0.412. The first-order valence-corrected chi connectivity index (χ1v) is 5.85. The van der Waals surface area contributed by atoms with Crippen molar-refractivity contribution in [2.24, 2.45) is 0 Å². The van der Waals surface area contributed by atoms with Crippen molar-refractivity contribution in [2.75, 3.05) is 7.11 Å². The summed E-state index contributed by atoms with van der Waals surface area (Å²) >= 11 is 3.37. The van der Waals surface area contributed by atoms with Crippen LogP contribution in [0.5, 0.6) is 5.75 Å². The minimum atomic E-state index is -0.0840. The molecule has 0 bridgehead atoms. The summed E-state index contributed by atoms with van der Waals surface area (Å²) in [6.45, 7) is 1.82. The predicted molar refractivity (Wildman–Crippen MR) is 69.9 cm³/mol. The van der Waals surface area contributed by atoms with Gasteiger partial charge in [0.05, 0.1) is 17.8 Å². The van der Waals surface area contributed by atoms with Crippen LogP contribution in [0.15, 0.2) is 27.2 Å². The van der Waals surface area contributed by atoms with Gasteiger partial charge in [0, 0.05) is 5.56 Å². The van der Waals surface area contributed by atoms with Crippen molar-refractivity contribution in [1.82, 2.24) is 4.98 Å². The lowest BCUT2D eigenvalue weighted by Crippen LogP contribution is -2.17. The summed E-state index contributed by atoms with van der Waals surface area (Å²) in [7, 11) is 1.50. The van der Waals surface area contributed by atoms with E-state index in [1.807, 2.05) is 6.92 Å². The van der Waals surface area contributed by atoms with Crippen LogP contribution in [0.3, 0.4) is 0 Å². The molecule has 0 aliphatic carbocycles. The fraction of sp³-hybridized carbons (Fsp3) is 0.182. The van der Waals surface area contributed by atoms with Crippen LogP contribution in [-0.2, 0) is 0 Å². The van der Waals surface area contributed by atoms with Gasteiger partial charge in [-0.15, -0.1) is 0 Å². The smallest absolute Gasteiger partial charge is 0.305 e. The van der Waals surface area contributed by atoms with E-state index in [0.717, 1.165) is 21.3 Å². The van der Waals surface area contributed by atoms with Crippen LogP contribution in [0, 0.1) is 6.92 Å². The molecule has 0 saturated carbocycles. The monoisotopic (exact) mass is 295 g/mol. The number of oxazole rings is 1. The largest absolute Gasteiger partial charge is 0.496 e. The van der Waals surface area contributed by atoms with E-state index in [1.54, 1.807) is 25.4 Å². The minimum absolute atomic E-state index is 0.0840. The molecule has 0 atom stereocenters. The topological polar surface area (TPSA) is 55.5 Å². The Bertz CT molecular complexity index is 542. The van der Waals surface area contributed by atoms with Crippen molar-refractivity contribution in [2.45, 2.75) is 6.92 Å². The standard InChI is InChI=1S/C11H11BBrNO3/c1-6-5-14-11(17-6)7-3-10(16-2)9(13)4-8(7)12-15/h3-5,12,15H,1-2H3. The van der Waals surface area contributed by atoms with Gasteiger partial charge in [-0.05, 0) is 40.4 Å². The number of aromatic nitrogens is 1. The molecule has 0 radical (unpaired) electrons. The van der Waals surface area contributed by atoms with Crippen molar-refractivity contribution in [3.8, 4) is 17.2 Å². The van der Waals surface area contributed by atoms with Gasteiger partial charge in [-0.1, -0.05) is 0 Å². The van der Waals surface area contributed by atoms with Gasteiger partial charge >= 0.3 is 7.48 Å². The molecule has 0 aliphatic heterocycles. The van der Waals surface area contributed by atoms with Crippen molar-refractivity contribution >= 4 is 28.9 Å². The van der Waals surface area contributed by atoms with Crippen molar-refractivity contribution in [1.29, 1.82) is 0 Å². The molecule has 88 valence electrons. The molecular formula is C11H11BBrNO3. The van der Waals surface area contributed by atoms with Gasteiger partial charge in [0.15, 0.2) is 0 Å². The third kappa shape index (κ3) is 2.37. The third-order valence-electron chi connectivity index (χ3n) is 2.40. The predicted octanol–water partition coefficient (Wildman–Crippen LogP) is 1.39. The highest BCUT2D eigenvalue weighted by molar-refractivity contribution is 9.10. The number of methoxy groups -OCH3 is 1. The Morgan fingerprint density at radius 3 is 2.76 bits per heavy atom. The third-order valence-corrected chi connectivity index (χ3v) is 3.02. The number of halogens is 1. The molecule has 1 heterocycles. The van der Waals surface area contributed by atoms with Gasteiger partial charge in [0.2, 0.25) is 5.89 Å². The van der Waals surface area contributed by atoms with Crippen LogP contribution in [0.4, 0.5) is 0 Å². The molecule has 4 nitrogen and oxygen atoms in total. The van der Waals surface area contributed by atoms with Gasteiger partial charge in [-0.25, -0.2) is 4.98 Å². The van der Waals surface area contributed by atoms with E-state index >= 15 is 0 Å². The van der Waals surface area contributed by atoms with Crippen LogP contribution in [0.25, 0.3) is 11.5 Å². The zero-order valence-electron chi connectivity index (χ0n) is 9.53. The van der Waals surface area contributed by atoms with Crippen molar-refractivity contribution in [3.05, 3.63) is 28.6 Å². The van der Waals surface area contributed by atoms with Gasteiger partial charge in [0.25, 0.3) is 0 Å². The van der Waals surface area contributed by atoms with E-state index in [1.165, 1.54) is 0 Å². The quantitative estimate of drug-likeness (QED) is 0.870. The van der Waals surface area contributed by atoms with Crippen molar-refractivity contribution in [3.63, 3.8) is 0 Å². The highest BCUT2D eigenvalue weighted by Gasteiger charge is 2.14. The van der Waals surface area contributed by atoms with E-state index in [4.69, 9.17) is 9.15 Å². The Morgan fingerprint density at radius 2 is 2.24 bits per heavy atom. The molecule has 1 N–H and O–H groups in total. The molecule has 6 heteroatoms. The number of rotatable bonds is 3. The fourth-order valence-corrected chi connectivity index (χ4v) is 2.11. The van der Waals surface area contributed by atoms with E-state index in [9.17, 15) is 5.02 Å². The van der Waals surface area contributed by atoms with E-state index in [0.29, 0.717) is 11.6 Å². The van der Waals surface area contributed by atoms with Crippen LogP contribution < -0.4 is 10.2 Å². The van der Waals surface area contributed by atoms with Gasteiger partial charge in [0.1, 0.15) is 11.5 Å². The van der Waals surface area contributed by atoms with Crippen molar-refractivity contribution < 1.29 is 14.2 Å². The number of hydrogen-bond donors (Lipinski definition) is 1. The normalized spacial score (nSPS) is 10.4. The lowest BCUT2D eigenvalue weighted by Gasteiger charge is -2.08. The SMILES string of the molecule is COc1cc(-c2ncc(C)o2)c(BO)cc1Br. The van der Waals surface area contributed by atoms with Gasteiger partial charge in [-0.2, -0.15) is 0 Å². The first-order chi connectivity index (χ1) is 8.15. The molecule has 0 spiro atoms. The Labute approximate surface area is 108 Å². The molecular weight excluding hydrogens is 285 g/mol. The molecule has 0 amide bonds. The summed E-state index contributed by atoms with van der Waals surface area (Å²) in [6, 6.07) is 3.59. The highest BCUT2D eigenvalue weighted by Crippen LogP contribution is 2.29. The highest BCUT2D eigenvalue weighted by atomic mass is 79.9. The number of nitrogens with zero attached hydrogens (tertiary/aromatic N) is 1. The summed E-state index contributed by atoms with van der Waals surface area (Å²) in [5, 5.41) is 9.34. The molecule has 0 unspecified atom stereocenters. The van der Waals surface area contributed by atoms with Gasteiger partial charge in [-0.3, -0.25) is 0 Å². The van der Waals surface area contributed by atoms with E-state index in [-0.39, 0.29) is 7.48 Å². The zero-order valence-corrected chi connectivity index (χ0v) is 11.1. The molecule has 0 saturated heterocycles. The first kappa shape index (κ1) is 12.2. The van der Waals surface area contributed by atoms with Crippen LogP contribution >= 0.6 is 15.9 Å². The maximum atomic E-state index is 9.34. The summed E-state index contributed by atoms with van der Waals surface area (Å²) in [5.74, 6) is 1.89. The molecule has 0 aliphatic rings. The summed E-state index contributed by atoms with van der Waals surface area (Å²) in [6.07, 6.45) is 1.64. The Balaban J connectivity index is 2.58. The fourth-order valence-electron chi connectivity index (χ4n) is 1.56. The van der Waals surface area contributed by atoms with E-state index < -0.39 is 0 Å². The lowest BCUT2D eigenvalue weighted by atomic mass is 9.84. The average Bonchev–Trinajstić information content (AvgIpc) is 2.75. The molecule has 0 fully saturated rings. The Morgan fingerprint density at radius 1 is 1.47 bits per heavy atom. The Hall–Kier alpha value is -1.27. The number of benzene rings is 1. The second-order valence-corrected chi connectivity index (χ2v) is 4.43. The molecule has 2 aromatic rings. The molecule has 1 aromatic heterocycles. The average molecular weight is 296 g/mol. The van der Waals surface area contributed by atoms with E-state index in [2.05, 4.69) is 20.9 Å². The van der Waals surface area contributed by atoms with Gasteiger partial charge < -0.3 is 14.2 Å². The summed E-state index contributed by atoms with van der Waals surface area (Å²) < 4.78 is 11.5. The number of ether oxygens (including phenoxy) is 1. The number of hydrogen-bond acceptors (Lipinski definition) is 4. The van der Waals surface area contributed by atoms with Crippen LogP contribution in [-0.4, -0.2) is 24.6 Å². The molecule has 1 aromatic carbocycles. The zero-order chi connectivity index (χ0) is 12.4. The summed E-state index contributed by atoms with van der Waals surface area (Å²) in [4.78, 5) is 4.15. The second-order valence-electron chi connectivity index (χ2n) is 3.58. The maximum Gasteiger partial charge on any atom is 0.305 e. The number of aryl methyl sites for hydroxylation is 1. The summed E-state index contributed by atoms with van der Waals surface area (Å²) in [5.41, 5.74) is 1.47. The van der Waals surface area contributed by atoms with Crippen LogP contribution in [0.1, 0.15) is 5.76 Å². The first-order valence-electron chi connectivity index (χ1n) is 5.05. The Kier molecular flexibility index (Phi) is 3.54. The molecule has 2 rings (SSSR count). The molecule has 17 heavy (non-hydrogen) atoms. The minimum Gasteiger partial charge on any atom is -0.496 e. The van der Waals surface area contributed by atoms with Crippen LogP contribution in [0.2, 0.25) is 0 Å². The second kappa shape index (κ2) is 4.93. The maximum absolute atomic E-state index is 9.34.